The summed E-state index contributed by atoms with van der Waals surface area (Å²) in [5.41, 5.74) is 8.19. The van der Waals surface area contributed by atoms with E-state index in [1.165, 1.54) is 12.1 Å². The van der Waals surface area contributed by atoms with E-state index < -0.39 is 6.03 Å². The summed E-state index contributed by atoms with van der Waals surface area (Å²) in [7, 11) is 0. The van der Waals surface area contributed by atoms with Crippen molar-refractivity contribution in [1.29, 1.82) is 0 Å². The van der Waals surface area contributed by atoms with Crippen LogP contribution in [0.1, 0.15) is 18.4 Å². The lowest BCUT2D eigenvalue weighted by atomic mass is 10.0. The van der Waals surface area contributed by atoms with E-state index in [2.05, 4.69) is 10.3 Å². The normalized spacial score (nSPS) is 12.3. The van der Waals surface area contributed by atoms with Crippen LogP contribution in [-0.2, 0) is 0 Å². The van der Waals surface area contributed by atoms with Crippen molar-refractivity contribution in [2.45, 2.75) is 12.8 Å². The van der Waals surface area contributed by atoms with E-state index in [0.29, 0.717) is 29.1 Å². The lowest BCUT2D eigenvalue weighted by Crippen LogP contribution is -2.32. The zero-order valence-corrected chi connectivity index (χ0v) is 12.5. The SMILES string of the molecule is CC(CNC(N)=O)c1ccc2oc(-c3ccc(F)cc3)nc2c1. The molecule has 0 saturated heterocycles. The Labute approximate surface area is 132 Å². The molecule has 0 aliphatic rings. The number of hydrogen-bond acceptors (Lipinski definition) is 3. The molecule has 118 valence electrons. The molecule has 0 saturated carbocycles. The zero-order chi connectivity index (χ0) is 16.4. The monoisotopic (exact) mass is 313 g/mol. The Bertz CT molecular complexity index is 843. The Morgan fingerprint density at radius 2 is 2.04 bits per heavy atom. The van der Waals surface area contributed by atoms with Gasteiger partial charge in [-0.3, -0.25) is 0 Å². The van der Waals surface area contributed by atoms with Gasteiger partial charge < -0.3 is 15.5 Å². The minimum Gasteiger partial charge on any atom is -0.436 e. The second-order valence-electron chi connectivity index (χ2n) is 5.40. The van der Waals surface area contributed by atoms with Crippen LogP contribution in [0.3, 0.4) is 0 Å². The van der Waals surface area contributed by atoms with Gasteiger partial charge in [-0.05, 0) is 47.9 Å². The second kappa shape index (κ2) is 6.08. The van der Waals surface area contributed by atoms with Gasteiger partial charge in [0.25, 0.3) is 0 Å². The Kier molecular flexibility index (Phi) is 3.97. The summed E-state index contributed by atoms with van der Waals surface area (Å²) < 4.78 is 18.7. The van der Waals surface area contributed by atoms with Gasteiger partial charge in [0.1, 0.15) is 11.3 Å². The van der Waals surface area contributed by atoms with Crippen molar-refractivity contribution in [2.75, 3.05) is 6.54 Å². The smallest absolute Gasteiger partial charge is 0.312 e. The van der Waals surface area contributed by atoms with E-state index >= 15 is 0 Å². The molecule has 0 radical (unpaired) electrons. The average Bonchev–Trinajstić information content (AvgIpc) is 2.96. The molecule has 1 aromatic heterocycles. The van der Waals surface area contributed by atoms with E-state index in [1.54, 1.807) is 12.1 Å². The number of benzene rings is 2. The molecule has 23 heavy (non-hydrogen) atoms. The fourth-order valence-electron chi connectivity index (χ4n) is 2.34. The summed E-state index contributed by atoms with van der Waals surface area (Å²) in [6, 6.07) is 11.1. The molecular weight excluding hydrogens is 297 g/mol. The van der Waals surface area contributed by atoms with Crippen LogP contribution in [0.25, 0.3) is 22.6 Å². The van der Waals surface area contributed by atoms with Crippen molar-refractivity contribution in [1.82, 2.24) is 10.3 Å². The Balaban J connectivity index is 1.88. The third-order valence-electron chi connectivity index (χ3n) is 3.65. The standard InChI is InChI=1S/C17H16FN3O2/c1-10(9-20-17(19)22)12-4-7-15-14(8-12)21-16(23-15)11-2-5-13(18)6-3-11/h2-8,10H,9H2,1H3,(H3,19,20,22). The van der Waals surface area contributed by atoms with E-state index in [1.807, 2.05) is 25.1 Å². The number of halogens is 1. The molecule has 3 rings (SSSR count). The third-order valence-corrected chi connectivity index (χ3v) is 3.65. The molecule has 0 spiro atoms. The maximum absolute atomic E-state index is 13.0. The number of primary amides is 1. The van der Waals surface area contributed by atoms with Crippen LogP contribution in [0.5, 0.6) is 0 Å². The van der Waals surface area contributed by atoms with Crippen molar-refractivity contribution in [3.05, 3.63) is 53.8 Å². The molecule has 6 heteroatoms. The van der Waals surface area contributed by atoms with E-state index in [9.17, 15) is 9.18 Å². The highest BCUT2D eigenvalue weighted by atomic mass is 19.1. The van der Waals surface area contributed by atoms with Crippen LogP contribution in [0.4, 0.5) is 9.18 Å². The minimum absolute atomic E-state index is 0.0953. The van der Waals surface area contributed by atoms with Crippen LogP contribution in [0, 0.1) is 5.82 Å². The number of oxazole rings is 1. The highest BCUT2D eigenvalue weighted by molar-refractivity contribution is 5.77. The molecule has 0 aliphatic heterocycles. The number of aromatic nitrogens is 1. The summed E-state index contributed by atoms with van der Waals surface area (Å²) in [5, 5.41) is 2.59. The lowest BCUT2D eigenvalue weighted by Gasteiger charge is -2.11. The van der Waals surface area contributed by atoms with Gasteiger partial charge in [0.05, 0.1) is 0 Å². The number of carbonyl (C=O) groups excluding carboxylic acids is 1. The van der Waals surface area contributed by atoms with Crippen molar-refractivity contribution in [3.63, 3.8) is 0 Å². The Hall–Kier alpha value is -2.89. The molecule has 0 bridgehead atoms. The van der Waals surface area contributed by atoms with Gasteiger partial charge in [0.2, 0.25) is 5.89 Å². The van der Waals surface area contributed by atoms with Crippen LogP contribution < -0.4 is 11.1 Å². The molecule has 2 amide bonds. The first-order valence-corrected chi connectivity index (χ1v) is 7.22. The molecule has 1 unspecified atom stereocenters. The van der Waals surface area contributed by atoms with Crippen LogP contribution in [-0.4, -0.2) is 17.6 Å². The largest absolute Gasteiger partial charge is 0.436 e. The molecule has 1 heterocycles. The third kappa shape index (κ3) is 3.31. The maximum Gasteiger partial charge on any atom is 0.312 e. The molecule has 0 aliphatic carbocycles. The molecule has 5 nitrogen and oxygen atoms in total. The molecule has 3 N–H and O–H groups in total. The fourth-order valence-corrected chi connectivity index (χ4v) is 2.34. The van der Waals surface area contributed by atoms with Crippen molar-refractivity contribution in [2.24, 2.45) is 5.73 Å². The quantitative estimate of drug-likeness (QED) is 0.774. The molecular formula is C17H16FN3O2. The number of nitrogens with two attached hydrogens (primary N) is 1. The average molecular weight is 313 g/mol. The second-order valence-corrected chi connectivity index (χ2v) is 5.40. The van der Waals surface area contributed by atoms with Crippen molar-refractivity contribution in [3.8, 4) is 11.5 Å². The van der Waals surface area contributed by atoms with Gasteiger partial charge in [-0.15, -0.1) is 0 Å². The molecule has 0 fully saturated rings. The predicted molar refractivity (Wildman–Crippen MR) is 85.4 cm³/mol. The van der Waals surface area contributed by atoms with Crippen LogP contribution in [0.15, 0.2) is 46.9 Å². The zero-order valence-electron chi connectivity index (χ0n) is 12.5. The first kappa shape index (κ1) is 15.0. The molecule has 2 aromatic carbocycles. The summed E-state index contributed by atoms with van der Waals surface area (Å²) >= 11 is 0. The first-order valence-electron chi connectivity index (χ1n) is 7.22. The fraction of sp³-hybridized carbons (Fsp3) is 0.176. The number of rotatable bonds is 4. The summed E-state index contributed by atoms with van der Waals surface area (Å²) in [4.78, 5) is 15.2. The first-order chi connectivity index (χ1) is 11.0. The topological polar surface area (TPSA) is 81.1 Å². The Morgan fingerprint density at radius 3 is 2.74 bits per heavy atom. The van der Waals surface area contributed by atoms with Crippen LogP contribution >= 0.6 is 0 Å². The van der Waals surface area contributed by atoms with Crippen molar-refractivity contribution >= 4 is 17.1 Å². The van der Waals surface area contributed by atoms with Crippen LogP contribution in [0.2, 0.25) is 0 Å². The summed E-state index contributed by atoms with van der Waals surface area (Å²) in [5.74, 6) is 0.237. The van der Waals surface area contributed by atoms with E-state index in [4.69, 9.17) is 10.2 Å². The molecule has 1 atom stereocenters. The number of nitrogens with one attached hydrogen (secondary N) is 1. The number of hydrogen-bond donors (Lipinski definition) is 2. The maximum atomic E-state index is 13.0. The number of nitrogens with zero attached hydrogens (tertiary/aromatic N) is 1. The number of amides is 2. The number of carbonyl (C=O) groups is 1. The highest BCUT2D eigenvalue weighted by Gasteiger charge is 2.12. The highest BCUT2D eigenvalue weighted by Crippen LogP contribution is 2.27. The van der Waals surface area contributed by atoms with Gasteiger partial charge in [-0.2, -0.15) is 0 Å². The van der Waals surface area contributed by atoms with Crippen molar-refractivity contribution < 1.29 is 13.6 Å². The van der Waals surface area contributed by atoms with E-state index in [0.717, 1.165) is 5.56 Å². The van der Waals surface area contributed by atoms with Gasteiger partial charge in [-0.1, -0.05) is 13.0 Å². The van der Waals surface area contributed by atoms with Gasteiger partial charge in [-0.25, -0.2) is 14.2 Å². The lowest BCUT2D eigenvalue weighted by molar-refractivity contribution is 0.248. The predicted octanol–water partition coefficient (Wildman–Crippen LogP) is 3.41. The summed E-state index contributed by atoms with van der Waals surface area (Å²) in [6.07, 6.45) is 0. The van der Waals surface area contributed by atoms with Gasteiger partial charge in [0, 0.05) is 12.1 Å². The van der Waals surface area contributed by atoms with Gasteiger partial charge in [0.15, 0.2) is 5.58 Å². The minimum atomic E-state index is -0.544. The van der Waals surface area contributed by atoms with E-state index in [-0.39, 0.29) is 11.7 Å². The number of urea groups is 1. The van der Waals surface area contributed by atoms with Gasteiger partial charge >= 0.3 is 6.03 Å². The summed E-state index contributed by atoms with van der Waals surface area (Å²) in [6.45, 7) is 2.43. The molecule has 3 aromatic rings. The number of fused-ring (bicyclic) bond motifs is 1. The Morgan fingerprint density at radius 1 is 1.30 bits per heavy atom.